The monoisotopic (exact) mass is 537 g/mol. The zero-order valence-electron chi connectivity index (χ0n) is 22.1. The fourth-order valence-corrected chi connectivity index (χ4v) is 5.89. The molecule has 1 amide bonds. The predicted molar refractivity (Wildman–Crippen MR) is 145 cm³/mol. The van der Waals surface area contributed by atoms with E-state index in [9.17, 15) is 23.1 Å². The fraction of sp³-hybridized carbons (Fsp3) is 0.643. The number of carbonyl (C=O) groups is 2. The molecule has 208 valence electrons. The lowest BCUT2D eigenvalue weighted by Crippen LogP contribution is -2.42. The summed E-state index contributed by atoms with van der Waals surface area (Å²) in [5.74, 6) is -1.04. The quantitative estimate of drug-likeness (QED) is 0.190. The summed E-state index contributed by atoms with van der Waals surface area (Å²) in [6, 6.07) is 4.70. The highest BCUT2D eigenvalue weighted by atomic mass is 32.2. The van der Waals surface area contributed by atoms with Gasteiger partial charge in [0, 0.05) is 12.8 Å². The summed E-state index contributed by atoms with van der Waals surface area (Å²) in [6.45, 7) is 2.63. The van der Waals surface area contributed by atoms with Crippen LogP contribution in [0.4, 0.5) is 5.69 Å². The van der Waals surface area contributed by atoms with Crippen molar-refractivity contribution in [1.29, 1.82) is 0 Å². The second-order valence-corrected chi connectivity index (χ2v) is 11.6. The van der Waals surface area contributed by atoms with Gasteiger partial charge in [-0.05, 0) is 62.3 Å². The third-order valence-electron chi connectivity index (χ3n) is 6.42. The van der Waals surface area contributed by atoms with Gasteiger partial charge in [0.25, 0.3) is 0 Å². The van der Waals surface area contributed by atoms with Gasteiger partial charge in [-0.15, -0.1) is 0 Å². The topological polar surface area (TPSA) is 121 Å². The summed E-state index contributed by atoms with van der Waals surface area (Å²) in [6.07, 6.45) is 14.5. The van der Waals surface area contributed by atoms with Crippen molar-refractivity contribution in [3.8, 4) is 5.75 Å². The zero-order valence-corrected chi connectivity index (χ0v) is 22.9. The van der Waals surface area contributed by atoms with Crippen LogP contribution in [0.1, 0.15) is 96.0 Å². The second-order valence-electron chi connectivity index (χ2n) is 9.66. The summed E-state index contributed by atoms with van der Waals surface area (Å²) in [7, 11) is -3.73. The van der Waals surface area contributed by atoms with Crippen LogP contribution in [-0.2, 0) is 26.0 Å². The third-order valence-corrected chi connectivity index (χ3v) is 8.19. The van der Waals surface area contributed by atoms with Gasteiger partial charge in [-0.3, -0.25) is 9.59 Å². The van der Waals surface area contributed by atoms with E-state index in [0.29, 0.717) is 24.3 Å². The van der Waals surface area contributed by atoms with Gasteiger partial charge in [0.2, 0.25) is 15.9 Å². The Morgan fingerprint density at radius 2 is 1.89 bits per heavy atom. The lowest BCUT2D eigenvalue weighted by Gasteiger charge is -2.27. The van der Waals surface area contributed by atoms with Crippen LogP contribution in [0, 0.1) is 0 Å². The highest BCUT2D eigenvalue weighted by Crippen LogP contribution is 2.30. The Morgan fingerprint density at radius 3 is 2.62 bits per heavy atom. The number of amides is 1. The molecule has 1 heterocycles. The number of aliphatic hydroxyl groups is 1. The summed E-state index contributed by atoms with van der Waals surface area (Å²) < 4.78 is 31.6. The van der Waals surface area contributed by atoms with Crippen LogP contribution in [0.25, 0.3) is 0 Å². The van der Waals surface area contributed by atoms with E-state index in [2.05, 4.69) is 6.92 Å². The molecule has 0 aliphatic carbocycles. The fourth-order valence-electron chi connectivity index (χ4n) is 4.36. The molecule has 0 spiro atoms. The van der Waals surface area contributed by atoms with Gasteiger partial charge >= 0.3 is 5.97 Å². The summed E-state index contributed by atoms with van der Waals surface area (Å²) in [5, 5.41) is 19.2. The van der Waals surface area contributed by atoms with Crippen molar-refractivity contribution < 1.29 is 33.0 Å². The maximum absolute atomic E-state index is 12.5. The molecule has 2 N–H and O–H groups in total. The number of anilines is 1. The van der Waals surface area contributed by atoms with Crippen LogP contribution in [0.15, 0.2) is 30.4 Å². The number of carbonyl (C=O) groups excluding carboxylic acids is 1. The zero-order chi connectivity index (χ0) is 27.1. The number of nitrogens with zero attached hydrogens (tertiary/aromatic N) is 1. The van der Waals surface area contributed by atoms with Gasteiger partial charge < -0.3 is 14.9 Å². The SMILES string of the molecule is CCCCCCCCC(O)/C=C/CCCCOc1ccc(N2C(=O)CCCS2(=O)=O)cc1CCC(=O)O. The van der Waals surface area contributed by atoms with E-state index in [1.165, 1.54) is 38.2 Å². The van der Waals surface area contributed by atoms with Crippen LogP contribution >= 0.6 is 0 Å². The van der Waals surface area contributed by atoms with E-state index in [1.54, 1.807) is 12.1 Å². The van der Waals surface area contributed by atoms with Crippen LogP contribution < -0.4 is 9.04 Å². The summed E-state index contributed by atoms with van der Waals surface area (Å²) in [4.78, 5) is 23.4. The standard InChI is InChI=1S/C28H43NO7S/c1-2-3-4-5-6-9-13-25(30)14-10-7-8-11-20-36-26-18-17-24(22-23(26)16-19-28(32)33)29-27(31)15-12-21-37(29,34)35/h10,14,17-18,22,25,30H,2-9,11-13,15-16,19-21H2,1H3,(H,32,33)/b14-10+. The number of carboxylic acids is 1. The maximum Gasteiger partial charge on any atom is 0.303 e. The molecular formula is C28H43NO7S. The van der Waals surface area contributed by atoms with E-state index in [-0.39, 0.29) is 30.7 Å². The van der Waals surface area contributed by atoms with Crippen molar-refractivity contribution >= 4 is 27.6 Å². The largest absolute Gasteiger partial charge is 0.493 e. The third kappa shape index (κ3) is 11.3. The molecule has 0 bridgehead atoms. The molecule has 1 saturated heterocycles. The van der Waals surface area contributed by atoms with Crippen molar-refractivity contribution in [1.82, 2.24) is 0 Å². The Labute approximate surface area is 221 Å². The first-order valence-electron chi connectivity index (χ1n) is 13.6. The number of sulfonamides is 1. The van der Waals surface area contributed by atoms with Gasteiger partial charge in [-0.25, -0.2) is 12.7 Å². The number of allylic oxidation sites excluding steroid dienone is 1. The Morgan fingerprint density at radius 1 is 1.14 bits per heavy atom. The first-order chi connectivity index (χ1) is 17.7. The van der Waals surface area contributed by atoms with Gasteiger partial charge in [0.05, 0.1) is 24.2 Å². The smallest absolute Gasteiger partial charge is 0.303 e. The van der Waals surface area contributed by atoms with Crippen LogP contribution in [0.5, 0.6) is 5.75 Å². The predicted octanol–water partition coefficient (Wildman–Crippen LogP) is 5.38. The van der Waals surface area contributed by atoms with Crippen molar-refractivity contribution in [2.75, 3.05) is 16.7 Å². The number of rotatable bonds is 18. The molecule has 0 aromatic heterocycles. The highest BCUT2D eigenvalue weighted by Gasteiger charge is 2.33. The normalized spacial score (nSPS) is 16.3. The molecule has 8 nitrogen and oxygen atoms in total. The summed E-state index contributed by atoms with van der Waals surface area (Å²) >= 11 is 0. The van der Waals surface area contributed by atoms with Crippen molar-refractivity contribution in [2.24, 2.45) is 0 Å². The number of aliphatic carboxylic acids is 1. The van der Waals surface area contributed by atoms with E-state index >= 15 is 0 Å². The lowest BCUT2D eigenvalue weighted by molar-refractivity contribution is -0.137. The number of aliphatic hydroxyl groups excluding tert-OH is 1. The number of hydrogen-bond acceptors (Lipinski definition) is 6. The Balaban J connectivity index is 1.82. The minimum Gasteiger partial charge on any atom is -0.493 e. The lowest BCUT2D eigenvalue weighted by atomic mass is 10.1. The number of ether oxygens (including phenoxy) is 1. The molecule has 37 heavy (non-hydrogen) atoms. The molecule has 9 heteroatoms. The van der Waals surface area contributed by atoms with Crippen LogP contribution in [0.3, 0.4) is 0 Å². The van der Waals surface area contributed by atoms with Gasteiger partial charge in [-0.1, -0.05) is 57.6 Å². The minimum absolute atomic E-state index is 0.0913. The molecular weight excluding hydrogens is 494 g/mol. The first-order valence-corrected chi connectivity index (χ1v) is 15.2. The maximum atomic E-state index is 12.5. The Kier molecular flexibility index (Phi) is 13.7. The number of hydrogen-bond donors (Lipinski definition) is 2. The molecule has 0 radical (unpaired) electrons. The number of carboxylic acid groups (broad SMARTS) is 1. The average Bonchev–Trinajstić information content (AvgIpc) is 2.84. The molecule has 1 aromatic carbocycles. The molecule has 1 unspecified atom stereocenters. The van der Waals surface area contributed by atoms with E-state index in [1.807, 2.05) is 12.2 Å². The van der Waals surface area contributed by atoms with Gasteiger partial charge in [-0.2, -0.15) is 0 Å². The Bertz CT molecular complexity index is 990. The first kappa shape index (κ1) is 30.8. The minimum atomic E-state index is -3.73. The number of aryl methyl sites for hydroxylation is 1. The number of unbranched alkanes of at least 4 members (excludes halogenated alkanes) is 7. The van der Waals surface area contributed by atoms with Gasteiger partial charge in [0.1, 0.15) is 5.75 Å². The van der Waals surface area contributed by atoms with Crippen molar-refractivity contribution in [3.63, 3.8) is 0 Å². The van der Waals surface area contributed by atoms with E-state index in [0.717, 1.165) is 36.4 Å². The molecule has 0 saturated carbocycles. The average molecular weight is 538 g/mol. The van der Waals surface area contributed by atoms with Crippen LogP contribution in [0.2, 0.25) is 0 Å². The Hall–Kier alpha value is -2.39. The van der Waals surface area contributed by atoms with E-state index < -0.39 is 28.0 Å². The molecule has 2 rings (SSSR count). The highest BCUT2D eigenvalue weighted by molar-refractivity contribution is 7.93. The summed E-state index contributed by atoms with van der Waals surface area (Å²) in [5.41, 5.74) is 0.785. The van der Waals surface area contributed by atoms with Crippen LogP contribution in [-0.4, -0.2) is 49.0 Å². The molecule has 1 aliphatic heterocycles. The molecule has 1 fully saturated rings. The van der Waals surface area contributed by atoms with E-state index in [4.69, 9.17) is 9.84 Å². The van der Waals surface area contributed by atoms with Crippen molar-refractivity contribution in [3.05, 3.63) is 35.9 Å². The molecule has 1 aliphatic rings. The molecule has 1 aromatic rings. The molecule has 1 atom stereocenters. The van der Waals surface area contributed by atoms with Gasteiger partial charge in [0.15, 0.2) is 0 Å². The number of benzene rings is 1. The second kappa shape index (κ2) is 16.5. The van der Waals surface area contributed by atoms with Crippen molar-refractivity contribution in [2.45, 2.75) is 103 Å².